The summed E-state index contributed by atoms with van der Waals surface area (Å²) in [6, 6.07) is 4.46. The Morgan fingerprint density at radius 3 is 2.64 bits per heavy atom. The third-order valence-electron chi connectivity index (χ3n) is 5.10. The fourth-order valence-electron chi connectivity index (χ4n) is 3.45. The molecule has 2 saturated heterocycles. The number of hydrogen-bond donors (Lipinski definition) is 0. The molecule has 2 heterocycles. The summed E-state index contributed by atoms with van der Waals surface area (Å²) < 4.78 is 43.7. The average Bonchev–Trinajstić information content (AvgIpc) is 2.99. The molecule has 0 aromatic heterocycles. The van der Waals surface area contributed by atoms with Crippen molar-refractivity contribution in [1.82, 2.24) is 9.21 Å². The molecule has 1 aromatic carbocycles. The van der Waals surface area contributed by atoms with Crippen LogP contribution < -0.4 is 4.74 Å². The van der Waals surface area contributed by atoms with Crippen LogP contribution in [0, 0.1) is 0 Å². The van der Waals surface area contributed by atoms with E-state index in [1.807, 2.05) is 6.92 Å². The van der Waals surface area contributed by atoms with E-state index >= 15 is 0 Å². The van der Waals surface area contributed by atoms with Crippen molar-refractivity contribution >= 4 is 15.9 Å². The number of ether oxygens (including phenoxy) is 3. The third-order valence-corrected chi connectivity index (χ3v) is 7.00. The minimum absolute atomic E-state index is 0.0160. The van der Waals surface area contributed by atoms with Gasteiger partial charge < -0.3 is 19.1 Å². The van der Waals surface area contributed by atoms with E-state index in [-0.39, 0.29) is 22.5 Å². The van der Waals surface area contributed by atoms with Crippen molar-refractivity contribution < 1.29 is 27.4 Å². The van der Waals surface area contributed by atoms with Crippen LogP contribution in [0.15, 0.2) is 23.1 Å². The first kappa shape index (κ1) is 21.0. The van der Waals surface area contributed by atoms with Crippen LogP contribution >= 0.6 is 0 Å². The van der Waals surface area contributed by atoms with Gasteiger partial charge in [-0.25, -0.2) is 8.42 Å². The van der Waals surface area contributed by atoms with E-state index < -0.39 is 10.0 Å². The lowest BCUT2D eigenvalue weighted by Gasteiger charge is -2.27. The monoisotopic (exact) mass is 412 g/mol. The summed E-state index contributed by atoms with van der Waals surface area (Å²) in [4.78, 5) is 15.0. The number of methoxy groups -OCH3 is 1. The van der Waals surface area contributed by atoms with E-state index in [1.165, 1.54) is 23.5 Å². The SMILES string of the molecule is CC[C@H]1CN(C(=O)c2cc(S(=O)(=O)N3CCOCC3)ccc2OC)CCCO1. The first-order valence-corrected chi connectivity index (χ1v) is 11.1. The van der Waals surface area contributed by atoms with E-state index in [0.29, 0.717) is 51.7 Å². The maximum atomic E-state index is 13.2. The summed E-state index contributed by atoms with van der Waals surface area (Å²) >= 11 is 0. The molecule has 156 valence electrons. The van der Waals surface area contributed by atoms with Crippen molar-refractivity contribution in [2.24, 2.45) is 0 Å². The van der Waals surface area contributed by atoms with Gasteiger partial charge in [0.25, 0.3) is 5.91 Å². The second-order valence-electron chi connectivity index (χ2n) is 6.88. The molecule has 1 amide bonds. The number of rotatable bonds is 5. The van der Waals surface area contributed by atoms with Crippen LogP contribution in [-0.2, 0) is 19.5 Å². The lowest BCUT2D eigenvalue weighted by atomic mass is 10.1. The maximum absolute atomic E-state index is 13.2. The van der Waals surface area contributed by atoms with Crippen LogP contribution in [-0.4, -0.2) is 82.7 Å². The predicted molar refractivity (Wildman–Crippen MR) is 103 cm³/mol. The number of amides is 1. The molecule has 0 spiro atoms. The molecule has 28 heavy (non-hydrogen) atoms. The molecule has 0 N–H and O–H groups in total. The quantitative estimate of drug-likeness (QED) is 0.726. The van der Waals surface area contributed by atoms with Crippen molar-refractivity contribution in [3.05, 3.63) is 23.8 Å². The van der Waals surface area contributed by atoms with Gasteiger partial charge in [-0.1, -0.05) is 6.92 Å². The molecule has 0 unspecified atom stereocenters. The first-order chi connectivity index (χ1) is 13.5. The fourth-order valence-corrected chi connectivity index (χ4v) is 4.88. The average molecular weight is 413 g/mol. The van der Waals surface area contributed by atoms with Gasteiger partial charge >= 0.3 is 0 Å². The van der Waals surface area contributed by atoms with Crippen molar-refractivity contribution in [3.63, 3.8) is 0 Å². The van der Waals surface area contributed by atoms with Gasteiger partial charge in [-0.15, -0.1) is 0 Å². The van der Waals surface area contributed by atoms with E-state index in [9.17, 15) is 13.2 Å². The highest BCUT2D eigenvalue weighted by Gasteiger charge is 2.30. The van der Waals surface area contributed by atoms with Crippen molar-refractivity contribution in [2.45, 2.75) is 30.8 Å². The first-order valence-electron chi connectivity index (χ1n) is 9.64. The van der Waals surface area contributed by atoms with Crippen molar-refractivity contribution in [1.29, 1.82) is 0 Å². The Hall–Kier alpha value is -1.68. The molecule has 0 aliphatic carbocycles. The number of hydrogen-bond acceptors (Lipinski definition) is 6. The Kier molecular flexibility index (Phi) is 6.92. The topological polar surface area (TPSA) is 85.4 Å². The zero-order valence-corrected chi connectivity index (χ0v) is 17.2. The van der Waals surface area contributed by atoms with E-state index in [2.05, 4.69) is 0 Å². The molecule has 0 bridgehead atoms. The van der Waals surface area contributed by atoms with Crippen LogP contribution in [0.1, 0.15) is 30.1 Å². The van der Waals surface area contributed by atoms with Gasteiger partial charge in [0.05, 0.1) is 36.9 Å². The summed E-state index contributed by atoms with van der Waals surface area (Å²) in [6.45, 7) is 5.04. The lowest BCUT2D eigenvalue weighted by molar-refractivity contribution is 0.0458. The molecule has 1 atom stereocenters. The molecule has 3 rings (SSSR count). The summed E-state index contributed by atoms with van der Waals surface area (Å²) in [5.41, 5.74) is 0.258. The smallest absolute Gasteiger partial charge is 0.257 e. The maximum Gasteiger partial charge on any atom is 0.257 e. The number of benzene rings is 1. The number of carbonyl (C=O) groups is 1. The van der Waals surface area contributed by atoms with E-state index in [1.54, 1.807) is 11.0 Å². The fraction of sp³-hybridized carbons (Fsp3) is 0.632. The largest absolute Gasteiger partial charge is 0.496 e. The van der Waals surface area contributed by atoms with Gasteiger partial charge in [-0.2, -0.15) is 4.31 Å². The molecule has 2 aliphatic heterocycles. The van der Waals surface area contributed by atoms with Crippen molar-refractivity contribution in [3.8, 4) is 5.75 Å². The molecule has 8 nitrogen and oxygen atoms in total. The van der Waals surface area contributed by atoms with Crippen molar-refractivity contribution in [2.75, 3.05) is 53.1 Å². The Morgan fingerprint density at radius 1 is 1.21 bits per heavy atom. The zero-order chi connectivity index (χ0) is 20.1. The Morgan fingerprint density at radius 2 is 1.96 bits per heavy atom. The van der Waals surface area contributed by atoms with Gasteiger partial charge in [-0.05, 0) is 31.0 Å². The molecular weight excluding hydrogens is 384 g/mol. The Balaban J connectivity index is 1.91. The second kappa shape index (κ2) is 9.21. The predicted octanol–water partition coefficient (Wildman–Crippen LogP) is 1.36. The molecule has 9 heteroatoms. The highest BCUT2D eigenvalue weighted by atomic mass is 32.2. The Bertz CT molecular complexity index is 792. The second-order valence-corrected chi connectivity index (χ2v) is 8.82. The Labute approximate surface area is 166 Å². The van der Waals surface area contributed by atoms with Crippen LogP contribution in [0.25, 0.3) is 0 Å². The summed E-state index contributed by atoms with van der Waals surface area (Å²) in [7, 11) is -2.22. The molecular formula is C19H28N2O6S. The number of morpholine rings is 1. The van der Waals surface area contributed by atoms with Crippen LogP contribution in [0.5, 0.6) is 5.75 Å². The van der Waals surface area contributed by atoms with Gasteiger partial charge in [0, 0.05) is 32.8 Å². The van der Waals surface area contributed by atoms with Crippen LogP contribution in [0.4, 0.5) is 0 Å². The van der Waals surface area contributed by atoms with Gasteiger partial charge in [0.2, 0.25) is 10.0 Å². The number of sulfonamides is 1. The summed E-state index contributed by atoms with van der Waals surface area (Å²) in [5, 5.41) is 0. The molecule has 2 fully saturated rings. The highest BCUT2D eigenvalue weighted by Crippen LogP contribution is 2.27. The number of nitrogens with zero attached hydrogens (tertiary/aromatic N) is 2. The van der Waals surface area contributed by atoms with E-state index in [0.717, 1.165) is 12.8 Å². The molecule has 1 aromatic rings. The minimum atomic E-state index is -3.69. The minimum Gasteiger partial charge on any atom is -0.496 e. The summed E-state index contributed by atoms with van der Waals surface area (Å²) in [5.74, 6) is 0.129. The normalized spacial score (nSPS) is 21.9. The molecule has 0 saturated carbocycles. The summed E-state index contributed by atoms with van der Waals surface area (Å²) in [6.07, 6.45) is 1.54. The lowest BCUT2D eigenvalue weighted by Crippen LogP contribution is -2.40. The molecule has 2 aliphatic rings. The highest BCUT2D eigenvalue weighted by molar-refractivity contribution is 7.89. The zero-order valence-electron chi connectivity index (χ0n) is 16.4. The van der Waals surface area contributed by atoms with Gasteiger partial charge in [0.15, 0.2) is 0 Å². The third kappa shape index (κ3) is 4.48. The van der Waals surface area contributed by atoms with Crippen LogP contribution in [0.3, 0.4) is 0 Å². The standard InChI is InChI=1S/C19H28N2O6S/c1-3-15-14-20(7-4-10-27-15)19(22)17-13-16(5-6-18(17)25-2)28(23,24)21-8-11-26-12-9-21/h5-6,13,15H,3-4,7-12,14H2,1-2H3/t15-/m0/s1. The molecule has 0 radical (unpaired) electrons. The van der Waals surface area contributed by atoms with Crippen LogP contribution in [0.2, 0.25) is 0 Å². The number of carbonyl (C=O) groups excluding carboxylic acids is 1. The van der Waals surface area contributed by atoms with Gasteiger partial charge in [-0.3, -0.25) is 4.79 Å². The van der Waals surface area contributed by atoms with Gasteiger partial charge in [0.1, 0.15) is 5.75 Å². The van der Waals surface area contributed by atoms with E-state index in [4.69, 9.17) is 14.2 Å².